The topological polar surface area (TPSA) is 14.2 Å². The molecule has 1 atom stereocenters. The van der Waals surface area contributed by atoms with Crippen molar-refractivity contribution in [1.29, 1.82) is 0 Å². The van der Waals surface area contributed by atoms with E-state index in [1.807, 2.05) is 13.8 Å². The third-order valence-corrected chi connectivity index (χ3v) is 3.51. The zero-order valence-corrected chi connectivity index (χ0v) is 12.3. The molecule has 0 saturated heterocycles. The Hall–Kier alpha value is -1.98. The molecular weight excluding hydrogens is 298 g/mol. The van der Waals surface area contributed by atoms with Crippen LogP contribution in [0, 0.1) is 23.3 Å². The predicted molar refractivity (Wildman–Crippen MR) is 74.9 cm³/mol. The van der Waals surface area contributed by atoms with Crippen molar-refractivity contribution in [2.45, 2.75) is 32.7 Å². The first-order chi connectivity index (χ1) is 10.9. The van der Waals surface area contributed by atoms with Gasteiger partial charge in [0.1, 0.15) is 0 Å². The Morgan fingerprint density at radius 3 is 2.45 bits per heavy atom. The second-order valence-electron chi connectivity index (χ2n) is 4.98. The third kappa shape index (κ3) is 3.26. The molecule has 0 aliphatic heterocycles. The maximum atomic E-state index is 13.5. The Balaban J connectivity index is 2.13. The first kappa shape index (κ1) is 14.9. The number of nitrogens with zero attached hydrogens (tertiary/aromatic N) is 1. The molecule has 0 N–H and O–H groups in total. The van der Waals surface area contributed by atoms with Gasteiger partial charge in [0.2, 0.25) is 11.6 Å². The summed E-state index contributed by atoms with van der Waals surface area (Å²) in [5.74, 6) is -7.18. The monoisotopic (exact) mass is 316 g/mol. The van der Waals surface area contributed by atoms with Crippen molar-refractivity contribution in [3.63, 3.8) is 0 Å². The zero-order chi connectivity index (χ0) is 17.1. The summed E-state index contributed by atoms with van der Waals surface area (Å²) in [4.78, 5) is 0. The number of hydrogen-bond acceptors (Lipinski definition) is 1. The van der Waals surface area contributed by atoms with Gasteiger partial charge in [-0.05, 0) is 25.5 Å². The lowest BCUT2D eigenvalue weighted by atomic mass is 10.2. The van der Waals surface area contributed by atoms with Crippen LogP contribution in [0.5, 0.6) is 5.75 Å². The summed E-state index contributed by atoms with van der Waals surface area (Å²) in [6.07, 6.45) is 1.39. The summed E-state index contributed by atoms with van der Waals surface area (Å²) < 4.78 is 67.7. The van der Waals surface area contributed by atoms with Crippen LogP contribution in [-0.4, -0.2) is 11.2 Å². The van der Waals surface area contributed by atoms with Crippen LogP contribution in [0.15, 0.2) is 24.4 Å². The second-order valence-corrected chi connectivity index (χ2v) is 4.98. The summed E-state index contributed by atoms with van der Waals surface area (Å²) in [6, 6.07) is 3.56. The summed E-state index contributed by atoms with van der Waals surface area (Å²) in [6.45, 7) is 3.75. The van der Waals surface area contributed by atoms with Crippen LogP contribution < -0.4 is 4.74 Å². The van der Waals surface area contributed by atoms with Gasteiger partial charge < -0.3 is 9.30 Å². The van der Waals surface area contributed by atoms with Crippen molar-refractivity contribution >= 4 is 0 Å². The highest BCUT2D eigenvalue weighted by Gasteiger charge is 2.20. The molecule has 0 aliphatic carbocycles. The van der Waals surface area contributed by atoms with Gasteiger partial charge >= 0.3 is 0 Å². The summed E-state index contributed by atoms with van der Waals surface area (Å²) in [7, 11) is 0. The van der Waals surface area contributed by atoms with Crippen LogP contribution >= 0.6 is 0 Å². The highest BCUT2D eigenvalue weighted by molar-refractivity contribution is 5.28. The molecule has 2 nitrogen and oxygen atoms in total. The van der Waals surface area contributed by atoms with Crippen LogP contribution in [-0.2, 0) is 6.42 Å². The molecule has 6 heteroatoms. The van der Waals surface area contributed by atoms with Crippen LogP contribution in [0.1, 0.15) is 33.4 Å². The molecule has 0 amide bonds. The molecule has 1 aromatic carbocycles. The molecule has 120 valence electrons. The van der Waals surface area contributed by atoms with Gasteiger partial charge in [0.25, 0.3) is 0 Å². The Labute approximate surface area is 127 Å². The second kappa shape index (κ2) is 6.85. The normalized spacial score (nSPS) is 13.1. The number of aromatic nitrogens is 1. The molecule has 0 spiro atoms. The number of ether oxygens (including phenoxy) is 1. The van der Waals surface area contributed by atoms with Crippen molar-refractivity contribution in [2.24, 2.45) is 0 Å². The van der Waals surface area contributed by atoms with Gasteiger partial charge in [0.15, 0.2) is 17.4 Å². The Morgan fingerprint density at radius 2 is 1.86 bits per heavy atom. The number of hydrogen-bond donors (Lipinski definition) is 0. The van der Waals surface area contributed by atoms with Gasteiger partial charge in [-0.2, -0.15) is 8.78 Å². The SMILES string of the molecule is [2H]c1ccc(CCOc2c(F)c(F)cc(F)c2F)n1[C@@H](C)CC. The van der Waals surface area contributed by atoms with Crippen molar-refractivity contribution in [1.82, 2.24) is 4.57 Å². The van der Waals surface area contributed by atoms with E-state index in [1.54, 1.807) is 16.7 Å². The molecule has 0 saturated carbocycles. The third-order valence-electron chi connectivity index (χ3n) is 3.51. The standard InChI is InChI=1S/C16H17F4NO/c1-3-10(2)21-7-4-5-11(21)6-8-22-16-14(19)12(17)9-13(18)15(16)20/h4-5,7,9-10H,3,6,8H2,1-2H3/t10-/m0/s1/i7D. The predicted octanol–water partition coefficient (Wildman–Crippen LogP) is 4.64. The van der Waals surface area contributed by atoms with Crippen molar-refractivity contribution in [3.05, 3.63) is 53.3 Å². The Bertz CT molecular complexity index is 676. The van der Waals surface area contributed by atoms with Gasteiger partial charge in [-0.1, -0.05) is 6.92 Å². The van der Waals surface area contributed by atoms with E-state index >= 15 is 0 Å². The minimum Gasteiger partial charge on any atom is -0.487 e. The van der Waals surface area contributed by atoms with Crippen LogP contribution in [0.2, 0.25) is 0 Å². The quantitative estimate of drug-likeness (QED) is 0.559. The van der Waals surface area contributed by atoms with E-state index in [0.717, 1.165) is 12.1 Å². The molecule has 1 aromatic heterocycles. The van der Waals surface area contributed by atoms with Crippen LogP contribution in [0.4, 0.5) is 17.6 Å². The molecule has 0 radical (unpaired) electrons. The van der Waals surface area contributed by atoms with E-state index in [9.17, 15) is 17.6 Å². The van der Waals surface area contributed by atoms with E-state index in [4.69, 9.17) is 6.11 Å². The highest BCUT2D eigenvalue weighted by Crippen LogP contribution is 2.26. The van der Waals surface area contributed by atoms with Gasteiger partial charge in [-0.25, -0.2) is 8.78 Å². The van der Waals surface area contributed by atoms with E-state index in [2.05, 4.69) is 0 Å². The van der Waals surface area contributed by atoms with E-state index in [1.165, 1.54) is 0 Å². The minimum atomic E-state index is -1.55. The van der Waals surface area contributed by atoms with Crippen molar-refractivity contribution < 1.29 is 23.7 Å². The number of halogens is 4. The minimum absolute atomic E-state index is 0.0904. The zero-order valence-electron chi connectivity index (χ0n) is 13.3. The van der Waals surface area contributed by atoms with Gasteiger partial charge in [-0.3, -0.25) is 0 Å². The van der Waals surface area contributed by atoms with Crippen molar-refractivity contribution in [3.8, 4) is 5.75 Å². The molecule has 0 fully saturated rings. The van der Waals surface area contributed by atoms with E-state index in [-0.39, 0.29) is 25.1 Å². The molecule has 0 unspecified atom stereocenters. The molecule has 0 bridgehead atoms. The van der Waals surface area contributed by atoms with Crippen molar-refractivity contribution in [2.75, 3.05) is 6.61 Å². The molecular formula is C16H17F4NO. The average molecular weight is 316 g/mol. The number of benzene rings is 1. The summed E-state index contributed by atoms with van der Waals surface area (Å²) in [5, 5.41) is 0. The lowest BCUT2D eigenvalue weighted by molar-refractivity contribution is 0.272. The van der Waals surface area contributed by atoms with E-state index in [0.29, 0.717) is 6.17 Å². The lowest BCUT2D eigenvalue weighted by Gasteiger charge is -2.16. The summed E-state index contributed by atoms with van der Waals surface area (Å²) in [5.41, 5.74) is 0.752. The Kier molecular flexibility index (Phi) is 4.65. The van der Waals surface area contributed by atoms with E-state index < -0.39 is 29.0 Å². The maximum absolute atomic E-state index is 13.5. The molecule has 2 aromatic rings. The number of rotatable bonds is 6. The van der Waals surface area contributed by atoms with Gasteiger partial charge in [0.05, 0.1) is 7.98 Å². The molecule has 1 heterocycles. The van der Waals surface area contributed by atoms with Crippen LogP contribution in [0.25, 0.3) is 0 Å². The van der Waals surface area contributed by atoms with Gasteiger partial charge in [-0.15, -0.1) is 0 Å². The fraction of sp³-hybridized carbons (Fsp3) is 0.375. The molecule has 0 aliphatic rings. The molecule has 2 rings (SSSR count). The fourth-order valence-electron chi connectivity index (χ4n) is 2.11. The fourth-order valence-corrected chi connectivity index (χ4v) is 2.11. The smallest absolute Gasteiger partial charge is 0.203 e. The summed E-state index contributed by atoms with van der Waals surface area (Å²) >= 11 is 0. The van der Waals surface area contributed by atoms with Gasteiger partial charge in [0, 0.05) is 30.4 Å². The van der Waals surface area contributed by atoms with Crippen LogP contribution in [0.3, 0.4) is 0 Å². The average Bonchev–Trinajstić information content (AvgIpc) is 2.89. The first-order valence-corrected chi connectivity index (χ1v) is 6.99. The lowest BCUT2D eigenvalue weighted by Crippen LogP contribution is -2.12. The molecule has 22 heavy (non-hydrogen) atoms. The largest absolute Gasteiger partial charge is 0.487 e. The Morgan fingerprint density at radius 1 is 1.23 bits per heavy atom. The first-order valence-electron chi connectivity index (χ1n) is 7.49. The maximum Gasteiger partial charge on any atom is 0.203 e. The highest BCUT2D eigenvalue weighted by atomic mass is 19.2.